The second kappa shape index (κ2) is 6.63. The molecule has 2 aromatic heterocycles. The Morgan fingerprint density at radius 2 is 2.00 bits per heavy atom. The maximum atomic E-state index is 4.84. The van der Waals surface area contributed by atoms with Gasteiger partial charge in [0.25, 0.3) is 0 Å². The lowest BCUT2D eigenvalue weighted by Crippen LogP contribution is -2.17. The molecule has 2 aliphatic rings. The summed E-state index contributed by atoms with van der Waals surface area (Å²) in [7, 11) is 1.98. The van der Waals surface area contributed by atoms with Crippen LogP contribution in [0.25, 0.3) is 0 Å². The fourth-order valence-corrected chi connectivity index (χ4v) is 4.14. The van der Waals surface area contributed by atoms with E-state index in [-0.39, 0.29) is 0 Å². The molecule has 0 aliphatic heterocycles. The van der Waals surface area contributed by atoms with E-state index in [0.717, 1.165) is 35.0 Å². The van der Waals surface area contributed by atoms with Crippen molar-refractivity contribution in [2.75, 3.05) is 0 Å². The predicted octanol–water partition coefficient (Wildman–Crippen LogP) is 3.16. The number of hydrogen-bond acceptors (Lipinski definition) is 5. The van der Waals surface area contributed by atoms with E-state index >= 15 is 0 Å². The number of aromatic nitrogens is 6. The highest BCUT2D eigenvalue weighted by atomic mass is 32.2. The highest BCUT2D eigenvalue weighted by Gasteiger charge is 2.29. The average Bonchev–Trinajstić information content (AvgIpc) is 3.23. The van der Waals surface area contributed by atoms with Crippen LogP contribution < -0.4 is 0 Å². The topological polar surface area (TPSA) is 61.4 Å². The van der Waals surface area contributed by atoms with E-state index in [2.05, 4.69) is 14.9 Å². The molecule has 0 spiro atoms. The first-order valence-electron chi connectivity index (χ1n) is 8.70. The number of aryl methyl sites for hydroxylation is 1. The van der Waals surface area contributed by atoms with Gasteiger partial charge in [0.2, 0.25) is 0 Å². The molecule has 23 heavy (non-hydrogen) atoms. The van der Waals surface area contributed by atoms with Crippen LogP contribution in [-0.2, 0) is 19.3 Å². The van der Waals surface area contributed by atoms with Gasteiger partial charge in [-0.05, 0) is 31.6 Å². The Bertz CT molecular complexity index is 653. The molecular weight excluding hydrogens is 308 g/mol. The van der Waals surface area contributed by atoms with Crippen LogP contribution in [0.4, 0.5) is 0 Å². The van der Waals surface area contributed by atoms with Crippen LogP contribution in [0, 0.1) is 5.92 Å². The van der Waals surface area contributed by atoms with Gasteiger partial charge >= 0.3 is 0 Å². The Labute approximate surface area is 141 Å². The second-order valence-corrected chi connectivity index (χ2v) is 7.80. The lowest BCUT2D eigenvalue weighted by molar-refractivity contribution is 0.304. The van der Waals surface area contributed by atoms with Crippen molar-refractivity contribution < 1.29 is 0 Å². The standard InChI is InChI=1S/C16H24N6S/c1-21-11-17-19-16(21)23-10-14-18-15(13-7-8-13)20-22(14)9-12-5-3-2-4-6-12/h11-13H,2-10H2,1H3. The molecule has 0 saturated heterocycles. The van der Waals surface area contributed by atoms with Crippen LogP contribution in [-0.4, -0.2) is 29.5 Å². The zero-order chi connectivity index (χ0) is 15.6. The Morgan fingerprint density at radius 3 is 2.70 bits per heavy atom. The van der Waals surface area contributed by atoms with Gasteiger partial charge in [0.1, 0.15) is 12.2 Å². The van der Waals surface area contributed by atoms with Gasteiger partial charge in [-0.15, -0.1) is 10.2 Å². The molecule has 6 nitrogen and oxygen atoms in total. The zero-order valence-corrected chi connectivity index (χ0v) is 14.5. The summed E-state index contributed by atoms with van der Waals surface area (Å²) < 4.78 is 4.14. The maximum absolute atomic E-state index is 4.84. The third-order valence-corrected chi connectivity index (χ3v) is 5.89. The quantitative estimate of drug-likeness (QED) is 0.760. The van der Waals surface area contributed by atoms with Gasteiger partial charge in [0, 0.05) is 19.5 Å². The van der Waals surface area contributed by atoms with Gasteiger partial charge in [-0.1, -0.05) is 31.0 Å². The van der Waals surface area contributed by atoms with E-state index in [0.29, 0.717) is 5.92 Å². The van der Waals surface area contributed by atoms with Gasteiger partial charge in [-0.3, -0.25) is 0 Å². The average molecular weight is 332 g/mol. The number of hydrogen-bond donors (Lipinski definition) is 0. The molecule has 0 atom stereocenters. The van der Waals surface area contributed by atoms with Crippen LogP contribution >= 0.6 is 11.8 Å². The van der Waals surface area contributed by atoms with E-state index in [1.807, 2.05) is 11.6 Å². The third-order valence-electron chi connectivity index (χ3n) is 4.86. The van der Waals surface area contributed by atoms with E-state index in [1.54, 1.807) is 18.1 Å². The molecule has 2 saturated carbocycles. The fourth-order valence-electron chi connectivity index (χ4n) is 3.31. The Hall–Kier alpha value is -1.37. The molecule has 124 valence electrons. The Morgan fingerprint density at radius 1 is 1.17 bits per heavy atom. The second-order valence-electron chi connectivity index (χ2n) is 6.86. The predicted molar refractivity (Wildman–Crippen MR) is 89.1 cm³/mol. The maximum Gasteiger partial charge on any atom is 0.191 e. The molecule has 2 heterocycles. The summed E-state index contributed by atoms with van der Waals surface area (Å²) in [5.41, 5.74) is 0. The van der Waals surface area contributed by atoms with E-state index in [9.17, 15) is 0 Å². The number of nitrogens with zero attached hydrogens (tertiary/aromatic N) is 6. The molecule has 0 radical (unpaired) electrons. The van der Waals surface area contributed by atoms with Crippen LogP contribution in [0.3, 0.4) is 0 Å². The van der Waals surface area contributed by atoms with E-state index in [4.69, 9.17) is 10.1 Å². The summed E-state index contributed by atoms with van der Waals surface area (Å²) in [5, 5.41) is 13.9. The minimum absolute atomic E-state index is 0.612. The summed E-state index contributed by atoms with van der Waals surface area (Å²) in [6, 6.07) is 0. The molecule has 2 aromatic rings. The largest absolute Gasteiger partial charge is 0.312 e. The van der Waals surface area contributed by atoms with Crippen molar-refractivity contribution in [3.05, 3.63) is 18.0 Å². The van der Waals surface area contributed by atoms with Crippen molar-refractivity contribution in [1.82, 2.24) is 29.5 Å². The van der Waals surface area contributed by atoms with E-state index < -0.39 is 0 Å². The van der Waals surface area contributed by atoms with Crippen LogP contribution in [0.1, 0.15) is 62.5 Å². The molecule has 0 amide bonds. The van der Waals surface area contributed by atoms with Crippen molar-refractivity contribution >= 4 is 11.8 Å². The Kier molecular flexibility index (Phi) is 4.37. The first-order chi connectivity index (χ1) is 11.3. The summed E-state index contributed by atoms with van der Waals surface area (Å²) >= 11 is 1.69. The van der Waals surface area contributed by atoms with Crippen molar-refractivity contribution in [3.8, 4) is 0 Å². The SMILES string of the molecule is Cn1cnnc1SCc1nc(C2CC2)nn1CC1CCCCC1. The normalized spacial score (nSPS) is 19.3. The van der Waals surface area contributed by atoms with Crippen LogP contribution in [0.15, 0.2) is 11.5 Å². The molecule has 7 heteroatoms. The van der Waals surface area contributed by atoms with Gasteiger partial charge in [-0.25, -0.2) is 9.67 Å². The lowest BCUT2D eigenvalue weighted by Gasteiger charge is -2.21. The molecule has 4 rings (SSSR count). The van der Waals surface area contributed by atoms with Gasteiger partial charge in [0.15, 0.2) is 11.0 Å². The third kappa shape index (κ3) is 3.59. The molecule has 2 fully saturated rings. The fraction of sp³-hybridized carbons (Fsp3) is 0.750. The molecule has 2 aliphatic carbocycles. The molecule has 0 aromatic carbocycles. The van der Waals surface area contributed by atoms with Crippen LogP contribution in [0.5, 0.6) is 0 Å². The lowest BCUT2D eigenvalue weighted by atomic mass is 9.89. The van der Waals surface area contributed by atoms with Gasteiger partial charge in [0.05, 0.1) is 5.75 Å². The van der Waals surface area contributed by atoms with E-state index in [1.165, 1.54) is 44.9 Å². The summed E-state index contributed by atoms with van der Waals surface area (Å²) in [6.45, 7) is 1.04. The van der Waals surface area contributed by atoms with Crippen molar-refractivity contribution in [2.45, 2.75) is 68.3 Å². The molecule has 0 bridgehead atoms. The van der Waals surface area contributed by atoms with Crippen molar-refractivity contribution in [1.29, 1.82) is 0 Å². The summed E-state index contributed by atoms with van der Waals surface area (Å²) in [4.78, 5) is 4.84. The van der Waals surface area contributed by atoms with Gasteiger partial charge in [-0.2, -0.15) is 5.10 Å². The highest BCUT2D eigenvalue weighted by molar-refractivity contribution is 7.98. The number of rotatable bonds is 6. The number of thioether (sulfide) groups is 1. The van der Waals surface area contributed by atoms with Crippen molar-refractivity contribution in [2.24, 2.45) is 13.0 Å². The highest BCUT2D eigenvalue weighted by Crippen LogP contribution is 2.38. The summed E-state index contributed by atoms with van der Waals surface area (Å²) in [6.07, 6.45) is 11.1. The summed E-state index contributed by atoms with van der Waals surface area (Å²) in [5.74, 6) is 4.37. The smallest absolute Gasteiger partial charge is 0.191 e. The first kappa shape index (κ1) is 15.2. The van der Waals surface area contributed by atoms with Gasteiger partial charge < -0.3 is 4.57 Å². The zero-order valence-electron chi connectivity index (χ0n) is 13.7. The molecular formula is C16H24N6S. The van der Waals surface area contributed by atoms with Crippen LogP contribution in [0.2, 0.25) is 0 Å². The molecule has 0 unspecified atom stereocenters. The molecule has 0 N–H and O–H groups in total. The minimum atomic E-state index is 0.612. The minimum Gasteiger partial charge on any atom is -0.312 e. The monoisotopic (exact) mass is 332 g/mol. The first-order valence-corrected chi connectivity index (χ1v) is 9.68. The van der Waals surface area contributed by atoms with Crippen molar-refractivity contribution in [3.63, 3.8) is 0 Å². The Balaban J connectivity index is 1.48.